The van der Waals surface area contributed by atoms with Crippen molar-refractivity contribution in [3.05, 3.63) is 34.8 Å². The van der Waals surface area contributed by atoms with Crippen molar-refractivity contribution >= 4 is 17.1 Å². The summed E-state index contributed by atoms with van der Waals surface area (Å²) in [4.78, 5) is 23.6. The molecule has 0 unspecified atom stereocenters. The zero-order valence-electron chi connectivity index (χ0n) is 9.76. The van der Waals surface area contributed by atoms with E-state index in [4.69, 9.17) is 4.42 Å². The molecule has 0 radical (unpaired) electrons. The lowest BCUT2D eigenvalue weighted by molar-refractivity contribution is -0.147. The minimum absolute atomic E-state index is 0.440. The van der Waals surface area contributed by atoms with Crippen LogP contribution < -0.4 is 5.76 Å². The molecule has 1 aromatic heterocycles. The molecule has 1 aromatic carbocycles. The Labute approximate surface area is 103 Å². The molecule has 0 spiro atoms. The number of aromatic nitrogens is 1. The van der Waals surface area contributed by atoms with Crippen LogP contribution in [0.5, 0.6) is 0 Å². The second kappa shape index (κ2) is 3.73. The highest BCUT2D eigenvalue weighted by atomic mass is 16.4. The number of para-hydroxylation sites is 2. The van der Waals surface area contributed by atoms with Gasteiger partial charge >= 0.3 is 11.7 Å². The Kier molecular flexibility index (Phi) is 2.29. The molecule has 5 heteroatoms. The van der Waals surface area contributed by atoms with Gasteiger partial charge in [0.2, 0.25) is 0 Å². The van der Waals surface area contributed by atoms with Gasteiger partial charge in [0.05, 0.1) is 5.52 Å². The molecular formula is C13H13NO4. The van der Waals surface area contributed by atoms with Crippen LogP contribution in [0.3, 0.4) is 0 Å². The monoisotopic (exact) mass is 247 g/mol. The highest BCUT2D eigenvalue weighted by Gasteiger charge is 2.45. The van der Waals surface area contributed by atoms with Crippen LogP contribution in [0.2, 0.25) is 0 Å². The van der Waals surface area contributed by atoms with Gasteiger partial charge in [-0.05, 0) is 25.0 Å². The van der Waals surface area contributed by atoms with Crippen LogP contribution in [0.1, 0.15) is 25.7 Å². The molecule has 5 nitrogen and oxygen atoms in total. The second-order valence-corrected chi connectivity index (χ2v) is 4.71. The first-order chi connectivity index (χ1) is 8.65. The summed E-state index contributed by atoms with van der Waals surface area (Å²) in [5.41, 5.74) is -0.134. The first kappa shape index (κ1) is 11.1. The van der Waals surface area contributed by atoms with Gasteiger partial charge in [0.25, 0.3) is 0 Å². The van der Waals surface area contributed by atoms with Gasteiger partial charge in [0, 0.05) is 0 Å². The third-order valence-electron chi connectivity index (χ3n) is 3.74. The summed E-state index contributed by atoms with van der Waals surface area (Å²) in [5, 5.41) is 9.52. The molecule has 2 aromatic rings. The number of carbonyl (C=O) groups is 1. The molecule has 0 bridgehead atoms. The fraction of sp³-hybridized carbons (Fsp3) is 0.385. The average Bonchev–Trinajstić information content (AvgIpc) is 2.92. The van der Waals surface area contributed by atoms with Gasteiger partial charge in [0.15, 0.2) is 5.58 Å². The molecule has 1 N–H and O–H groups in total. The Bertz CT molecular complexity index is 661. The maximum absolute atomic E-state index is 12.0. The number of benzene rings is 1. The molecule has 94 valence electrons. The van der Waals surface area contributed by atoms with Crippen LogP contribution in [0, 0.1) is 0 Å². The van der Waals surface area contributed by atoms with Crippen LogP contribution in [-0.4, -0.2) is 15.6 Å². The Morgan fingerprint density at radius 1 is 1.28 bits per heavy atom. The molecule has 3 rings (SSSR count). The molecule has 1 saturated carbocycles. The van der Waals surface area contributed by atoms with Crippen LogP contribution in [0.25, 0.3) is 11.1 Å². The highest BCUT2D eigenvalue weighted by Crippen LogP contribution is 2.38. The molecule has 0 saturated heterocycles. The Morgan fingerprint density at radius 2 is 1.94 bits per heavy atom. The van der Waals surface area contributed by atoms with Crippen molar-refractivity contribution in [2.24, 2.45) is 0 Å². The van der Waals surface area contributed by atoms with Crippen LogP contribution in [0.15, 0.2) is 33.5 Å². The third kappa shape index (κ3) is 1.33. The van der Waals surface area contributed by atoms with Gasteiger partial charge in [-0.3, -0.25) is 4.57 Å². The van der Waals surface area contributed by atoms with E-state index in [-0.39, 0.29) is 0 Å². The molecule has 1 heterocycles. The number of aliphatic carboxylic acids is 1. The molecule has 0 amide bonds. The van der Waals surface area contributed by atoms with Gasteiger partial charge in [0.1, 0.15) is 5.54 Å². The third-order valence-corrected chi connectivity index (χ3v) is 3.74. The van der Waals surface area contributed by atoms with Gasteiger partial charge in [-0.1, -0.05) is 25.0 Å². The quantitative estimate of drug-likeness (QED) is 0.880. The largest absolute Gasteiger partial charge is 0.479 e. The maximum atomic E-state index is 12.0. The lowest BCUT2D eigenvalue weighted by Gasteiger charge is -2.24. The maximum Gasteiger partial charge on any atom is 0.420 e. The van der Waals surface area contributed by atoms with E-state index in [2.05, 4.69) is 0 Å². The molecular weight excluding hydrogens is 234 g/mol. The van der Waals surface area contributed by atoms with Crippen molar-refractivity contribution in [1.29, 1.82) is 0 Å². The van der Waals surface area contributed by atoms with Crippen molar-refractivity contribution < 1.29 is 14.3 Å². The fourth-order valence-electron chi connectivity index (χ4n) is 2.86. The topological polar surface area (TPSA) is 72.4 Å². The van der Waals surface area contributed by atoms with Crippen LogP contribution >= 0.6 is 0 Å². The summed E-state index contributed by atoms with van der Waals surface area (Å²) < 4.78 is 6.45. The average molecular weight is 247 g/mol. The number of oxazole rings is 1. The highest BCUT2D eigenvalue weighted by molar-refractivity contribution is 5.81. The smallest absolute Gasteiger partial charge is 0.420 e. The predicted molar refractivity (Wildman–Crippen MR) is 64.6 cm³/mol. The van der Waals surface area contributed by atoms with Crippen molar-refractivity contribution in [2.75, 3.05) is 0 Å². The number of nitrogens with zero attached hydrogens (tertiary/aromatic N) is 1. The van der Waals surface area contributed by atoms with E-state index in [1.807, 2.05) is 0 Å². The lowest BCUT2D eigenvalue weighted by atomic mass is 9.97. The standard InChI is InChI=1S/C13H13NO4/c15-11(16)13(7-3-4-8-13)14-9-5-1-2-6-10(9)18-12(14)17/h1-2,5-6H,3-4,7-8H2,(H,15,16). The molecule has 0 aliphatic heterocycles. The summed E-state index contributed by atoms with van der Waals surface area (Å²) >= 11 is 0. The summed E-state index contributed by atoms with van der Waals surface area (Å²) in [7, 11) is 0. The summed E-state index contributed by atoms with van der Waals surface area (Å²) in [6, 6.07) is 6.94. The van der Waals surface area contributed by atoms with Crippen LogP contribution in [0.4, 0.5) is 0 Å². The van der Waals surface area contributed by atoms with E-state index < -0.39 is 17.3 Å². The lowest BCUT2D eigenvalue weighted by Crippen LogP contribution is -2.43. The number of hydrogen-bond donors (Lipinski definition) is 1. The predicted octanol–water partition coefficient (Wildman–Crippen LogP) is 1.95. The molecule has 1 fully saturated rings. The summed E-state index contributed by atoms with van der Waals surface area (Å²) in [6.45, 7) is 0. The Hall–Kier alpha value is -2.04. The SMILES string of the molecule is O=C(O)C1(n2c(=O)oc3ccccc32)CCCC1. The minimum atomic E-state index is -1.14. The number of hydrogen-bond acceptors (Lipinski definition) is 3. The molecule has 1 aliphatic rings. The molecule has 1 aliphatic carbocycles. The van der Waals surface area contributed by atoms with E-state index in [9.17, 15) is 14.7 Å². The van der Waals surface area contributed by atoms with Gasteiger partial charge in [-0.2, -0.15) is 0 Å². The van der Waals surface area contributed by atoms with E-state index in [1.165, 1.54) is 4.57 Å². The van der Waals surface area contributed by atoms with Crippen molar-refractivity contribution in [1.82, 2.24) is 4.57 Å². The van der Waals surface area contributed by atoms with Gasteiger partial charge < -0.3 is 9.52 Å². The summed E-state index contributed by atoms with van der Waals surface area (Å²) in [5.74, 6) is -1.53. The Morgan fingerprint density at radius 3 is 2.61 bits per heavy atom. The molecule has 18 heavy (non-hydrogen) atoms. The molecule has 0 atom stereocenters. The van der Waals surface area contributed by atoms with Crippen molar-refractivity contribution in [3.8, 4) is 0 Å². The zero-order valence-corrected chi connectivity index (χ0v) is 9.76. The zero-order chi connectivity index (χ0) is 12.8. The minimum Gasteiger partial charge on any atom is -0.479 e. The van der Waals surface area contributed by atoms with Gasteiger partial charge in [-0.25, -0.2) is 9.59 Å². The first-order valence-electron chi connectivity index (χ1n) is 6.00. The van der Waals surface area contributed by atoms with Crippen molar-refractivity contribution in [2.45, 2.75) is 31.2 Å². The second-order valence-electron chi connectivity index (χ2n) is 4.71. The summed E-state index contributed by atoms with van der Waals surface area (Å²) in [6.07, 6.45) is 2.59. The van der Waals surface area contributed by atoms with Crippen molar-refractivity contribution in [3.63, 3.8) is 0 Å². The normalized spacial score (nSPS) is 18.2. The van der Waals surface area contributed by atoms with Crippen LogP contribution in [-0.2, 0) is 10.3 Å². The Balaban J connectivity index is 2.33. The fourth-order valence-corrected chi connectivity index (χ4v) is 2.86. The number of carboxylic acids is 1. The number of carboxylic acid groups (broad SMARTS) is 1. The van der Waals surface area contributed by atoms with E-state index >= 15 is 0 Å². The van der Waals surface area contributed by atoms with E-state index in [1.54, 1.807) is 24.3 Å². The number of fused-ring (bicyclic) bond motifs is 1. The van der Waals surface area contributed by atoms with E-state index in [0.717, 1.165) is 12.8 Å². The number of rotatable bonds is 2. The van der Waals surface area contributed by atoms with Gasteiger partial charge in [-0.15, -0.1) is 0 Å². The van der Waals surface area contributed by atoms with E-state index in [0.29, 0.717) is 23.9 Å². The first-order valence-corrected chi connectivity index (χ1v) is 6.00.